The highest BCUT2D eigenvalue weighted by molar-refractivity contribution is 5.80. The van der Waals surface area contributed by atoms with Gasteiger partial charge < -0.3 is 14.8 Å². The van der Waals surface area contributed by atoms with Crippen LogP contribution in [-0.4, -0.2) is 47.0 Å². The van der Waals surface area contributed by atoms with Crippen LogP contribution in [0.15, 0.2) is 53.5 Å². The minimum Gasteiger partial charge on any atom is -0.353 e. The first kappa shape index (κ1) is 18.2. The number of fused-ring (bicyclic) bond motifs is 1. The highest BCUT2D eigenvalue weighted by atomic mass is 16.2. The fourth-order valence-corrected chi connectivity index (χ4v) is 3.65. The number of carbonyl (C=O) groups excluding carboxylic acids is 1. The zero-order valence-electron chi connectivity index (χ0n) is 16.0. The van der Waals surface area contributed by atoms with Crippen LogP contribution >= 0.6 is 0 Å². The number of carbonyl (C=O) groups is 1. The number of anilines is 1. The molecule has 4 rings (SSSR count). The molecule has 6 heteroatoms. The molecule has 1 N–H and O–H groups in total. The van der Waals surface area contributed by atoms with Crippen molar-refractivity contribution in [2.45, 2.75) is 19.8 Å². The van der Waals surface area contributed by atoms with Crippen LogP contribution in [0, 0.1) is 6.92 Å². The second-order valence-corrected chi connectivity index (χ2v) is 7.26. The number of piperazine rings is 1. The molecule has 0 atom stereocenters. The van der Waals surface area contributed by atoms with E-state index in [1.807, 2.05) is 47.4 Å². The second-order valence-electron chi connectivity index (χ2n) is 7.26. The summed E-state index contributed by atoms with van der Waals surface area (Å²) in [7, 11) is 0. The topological polar surface area (TPSA) is 69.3 Å². The Balaban J connectivity index is 1.34. The van der Waals surface area contributed by atoms with Gasteiger partial charge >= 0.3 is 0 Å². The first-order chi connectivity index (χ1) is 13.6. The Kier molecular flexibility index (Phi) is 5.10. The van der Waals surface area contributed by atoms with Crippen molar-refractivity contribution >= 4 is 22.6 Å². The van der Waals surface area contributed by atoms with E-state index in [0.29, 0.717) is 18.4 Å². The molecule has 0 spiro atoms. The zero-order chi connectivity index (χ0) is 19.5. The fraction of sp³-hybridized carbons (Fsp3) is 0.318. The first-order valence-electron chi connectivity index (χ1n) is 9.66. The van der Waals surface area contributed by atoms with Crippen LogP contribution in [0.3, 0.4) is 0 Å². The van der Waals surface area contributed by atoms with Gasteiger partial charge in [0.2, 0.25) is 5.91 Å². The summed E-state index contributed by atoms with van der Waals surface area (Å²) >= 11 is 0. The summed E-state index contributed by atoms with van der Waals surface area (Å²) in [5.74, 6) is 1.15. The monoisotopic (exact) mass is 376 g/mol. The van der Waals surface area contributed by atoms with Gasteiger partial charge in [-0.25, -0.2) is 4.98 Å². The Hall–Kier alpha value is -3.15. The van der Waals surface area contributed by atoms with Crippen LogP contribution < -0.4 is 10.5 Å². The Morgan fingerprint density at radius 2 is 1.93 bits per heavy atom. The van der Waals surface area contributed by atoms with E-state index < -0.39 is 0 Å². The van der Waals surface area contributed by atoms with Crippen molar-refractivity contribution in [1.29, 1.82) is 0 Å². The van der Waals surface area contributed by atoms with E-state index in [0.717, 1.165) is 48.5 Å². The van der Waals surface area contributed by atoms with Crippen molar-refractivity contribution in [2.24, 2.45) is 0 Å². The Morgan fingerprint density at radius 3 is 2.68 bits per heavy atom. The van der Waals surface area contributed by atoms with Crippen LogP contribution in [0.25, 0.3) is 10.9 Å². The zero-order valence-corrected chi connectivity index (χ0v) is 16.0. The number of aryl methyl sites for hydroxylation is 2. The quantitative estimate of drug-likeness (QED) is 0.760. The molecule has 0 aliphatic carbocycles. The lowest BCUT2D eigenvalue weighted by Crippen LogP contribution is -2.49. The third kappa shape index (κ3) is 3.91. The summed E-state index contributed by atoms with van der Waals surface area (Å²) in [6.07, 6.45) is 2.95. The van der Waals surface area contributed by atoms with Crippen LogP contribution in [0.1, 0.15) is 17.5 Å². The second kappa shape index (κ2) is 7.84. The highest BCUT2D eigenvalue weighted by Gasteiger charge is 2.21. The lowest BCUT2D eigenvalue weighted by Gasteiger charge is -2.35. The summed E-state index contributed by atoms with van der Waals surface area (Å²) in [5, 5.41) is 1.01. The Labute approximate surface area is 163 Å². The molecule has 1 fully saturated rings. The number of aromatic amines is 1. The standard InChI is InChI=1S/C22H24N4O2/c1-16-14-18-7-5-17(15-19(18)24-22(16)28)6-8-21(27)26-12-10-25(11-13-26)20-4-2-3-9-23-20/h2-5,7,9,14-15H,6,8,10-13H2,1H3,(H,24,28). The highest BCUT2D eigenvalue weighted by Crippen LogP contribution is 2.16. The molecule has 1 aromatic carbocycles. The fourth-order valence-electron chi connectivity index (χ4n) is 3.65. The van der Waals surface area contributed by atoms with E-state index in [1.54, 1.807) is 13.1 Å². The molecule has 3 heterocycles. The minimum absolute atomic E-state index is 0.0634. The average molecular weight is 376 g/mol. The van der Waals surface area contributed by atoms with Gasteiger partial charge in [-0.15, -0.1) is 0 Å². The van der Waals surface area contributed by atoms with Gasteiger partial charge in [0, 0.05) is 49.9 Å². The SMILES string of the molecule is Cc1cc2ccc(CCC(=O)N3CCN(c4ccccn4)CC3)cc2[nH]c1=O. The molecule has 2 aromatic heterocycles. The van der Waals surface area contributed by atoms with Gasteiger partial charge in [0.05, 0.1) is 0 Å². The van der Waals surface area contributed by atoms with E-state index >= 15 is 0 Å². The third-order valence-corrected chi connectivity index (χ3v) is 5.33. The van der Waals surface area contributed by atoms with E-state index in [4.69, 9.17) is 0 Å². The molecule has 144 valence electrons. The molecule has 0 bridgehead atoms. The lowest BCUT2D eigenvalue weighted by molar-refractivity contribution is -0.131. The van der Waals surface area contributed by atoms with Crippen LogP contribution in [-0.2, 0) is 11.2 Å². The van der Waals surface area contributed by atoms with Crippen molar-refractivity contribution in [1.82, 2.24) is 14.9 Å². The molecule has 28 heavy (non-hydrogen) atoms. The minimum atomic E-state index is -0.0634. The number of aromatic nitrogens is 2. The predicted octanol–water partition coefficient (Wildman–Crippen LogP) is 2.51. The summed E-state index contributed by atoms with van der Waals surface area (Å²) in [6.45, 7) is 4.86. The van der Waals surface area contributed by atoms with Crippen LogP contribution in [0.5, 0.6) is 0 Å². The molecule has 3 aromatic rings. The number of nitrogens with one attached hydrogen (secondary N) is 1. The molecule has 0 saturated carbocycles. The van der Waals surface area contributed by atoms with Gasteiger partial charge in [0.1, 0.15) is 5.82 Å². The summed E-state index contributed by atoms with van der Waals surface area (Å²) < 4.78 is 0. The van der Waals surface area contributed by atoms with Crippen molar-refractivity contribution in [2.75, 3.05) is 31.1 Å². The molecule has 6 nitrogen and oxygen atoms in total. The molecule has 1 aliphatic rings. The van der Waals surface area contributed by atoms with Gasteiger partial charge in [-0.1, -0.05) is 18.2 Å². The van der Waals surface area contributed by atoms with Crippen molar-refractivity contribution in [3.05, 3.63) is 70.1 Å². The average Bonchev–Trinajstić information content (AvgIpc) is 2.73. The number of hydrogen-bond donors (Lipinski definition) is 1. The molecular formula is C22H24N4O2. The third-order valence-electron chi connectivity index (χ3n) is 5.33. The van der Waals surface area contributed by atoms with Crippen LogP contribution in [0.4, 0.5) is 5.82 Å². The summed E-state index contributed by atoms with van der Waals surface area (Å²) in [5.41, 5.74) is 2.53. The molecule has 1 saturated heterocycles. The normalized spacial score (nSPS) is 14.5. The maximum atomic E-state index is 12.6. The van der Waals surface area contributed by atoms with Gasteiger partial charge in [-0.05, 0) is 48.6 Å². The maximum absolute atomic E-state index is 12.6. The predicted molar refractivity (Wildman–Crippen MR) is 111 cm³/mol. The smallest absolute Gasteiger partial charge is 0.251 e. The van der Waals surface area contributed by atoms with E-state index in [-0.39, 0.29) is 11.5 Å². The van der Waals surface area contributed by atoms with Crippen molar-refractivity contribution in [3.8, 4) is 0 Å². The number of H-pyrrole nitrogens is 1. The van der Waals surface area contributed by atoms with E-state index in [1.165, 1.54) is 0 Å². The van der Waals surface area contributed by atoms with Crippen LogP contribution in [0.2, 0.25) is 0 Å². The number of pyridine rings is 2. The molecule has 0 unspecified atom stereocenters. The number of rotatable bonds is 4. The lowest BCUT2D eigenvalue weighted by atomic mass is 10.1. The molecule has 1 amide bonds. The number of hydrogen-bond acceptors (Lipinski definition) is 4. The molecular weight excluding hydrogens is 352 g/mol. The Bertz CT molecular complexity index is 1040. The number of benzene rings is 1. The summed E-state index contributed by atoms with van der Waals surface area (Å²) in [4.78, 5) is 35.9. The van der Waals surface area contributed by atoms with Gasteiger partial charge in [0.15, 0.2) is 0 Å². The largest absolute Gasteiger partial charge is 0.353 e. The number of nitrogens with zero attached hydrogens (tertiary/aromatic N) is 3. The maximum Gasteiger partial charge on any atom is 0.251 e. The first-order valence-corrected chi connectivity index (χ1v) is 9.66. The van der Waals surface area contributed by atoms with Gasteiger partial charge in [0.25, 0.3) is 5.56 Å². The van der Waals surface area contributed by atoms with Gasteiger partial charge in [-0.3, -0.25) is 9.59 Å². The molecule has 0 radical (unpaired) electrons. The molecule has 1 aliphatic heterocycles. The van der Waals surface area contributed by atoms with E-state index in [9.17, 15) is 9.59 Å². The van der Waals surface area contributed by atoms with Crippen molar-refractivity contribution in [3.63, 3.8) is 0 Å². The van der Waals surface area contributed by atoms with Gasteiger partial charge in [-0.2, -0.15) is 0 Å². The number of amides is 1. The summed E-state index contributed by atoms with van der Waals surface area (Å²) in [6, 6.07) is 13.8. The Morgan fingerprint density at radius 1 is 1.11 bits per heavy atom. The van der Waals surface area contributed by atoms with E-state index in [2.05, 4.69) is 14.9 Å². The van der Waals surface area contributed by atoms with Crippen molar-refractivity contribution < 1.29 is 4.79 Å².